The highest BCUT2D eigenvalue weighted by Crippen LogP contribution is 2.51. The largest absolute Gasteiger partial charge is 0.481 e. The number of aryl methyl sites for hydroxylation is 2. The molecule has 16 heavy (non-hydrogen) atoms. The van der Waals surface area contributed by atoms with Crippen molar-refractivity contribution in [3.8, 4) is 0 Å². The molecule has 1 N–H and O–H groups in total. The van der Waals surface area contributed by atoms with Crippen LogP contribution < -0.4 is 0 Å². The molecule has 1 heterocycles. The lowest BCUT2D eigenvalue weighted by Gasteiger charge is -2.11. The van der Waals surface area contributed by atoms with Crippen LogP contribution in [0.25, 0.3) is 0 Å². The number of thioether (sulfide) groups is 1. The summed E-state index contributed by atoms with van der Waals surface area (Å²) in [7, 11) is 1.92. The summed E-state index contributed by atoms with van der Waals surface area (Å²) in [4.78, 5) is 10.7. The molecule has 0 amide bonds. The monoisotopic (exact) mass is 240 g/mol. The molecule has 0 spiro atoms. The van der Waals surface area contributed by atoms with Gasteiger partial charge in [0, 0.05) is 12.8 Å². The van der Waals surface area contributed by atoms with Crippen molar-refractivity contribution in [2.24, 2.45) is 12.5 Å². The molecular formula is C11H16N2O2S. The van der Waals surface area contributed by atoms with Crippen LogP contribution in [-0.2, 0) is 11.8 Å². The molecule has 0 bridgehead atoms. The highest BCUT2D eigenvalue weighted by molar-refractivity contribution is 7.99. The molecule has 1 aliphatic rings. The molecule has 0 unspecified atom stereocenters. The van der Waals surface area contributed by atoms with E-state index in [1.165, 1.54) is 0 Å². The third kappa shape index (κ3) is 2.58. The van der Waals surface area contributed by atoms with Crippen LogP contribution in [0.2, 0.25) is 0 Å². The Balaban J connectivity index is 1.92. The van der Waals surface area contributed by atoms with Crippen molar-refractivity contribution in [3.05, 3.63) is 11.8 Å². The van der Waals surface area contributed by atoms with Crippen LogP contribution in [0.4, 0.5) is 0 Å². The molecule has 5 heteroatoms. The number of hydrogen-bond acceptors (Lipinski definition) is 3. The van der Waals surface area contributed by atoms with Crippen molar-refractivity contribution < 1.29 is 9.90 Å². The summed E-state index contributed by atoms with van der Waals surface area (Å²) in [5.41, 5.74) is 1.06. The van der Waals surface area contributed by atoms with Gasteiger partial charge in [-0.15, -0.1) is 11.8 Å². The maximum absolute atomic E-state index is 10.7. The smallest absolute Gasteiger partial charge is 0.303 e. The van der Waals surface area contributed by atoms with Gasteiger partial charge < -0.3 is 5.11 Å². The summed E-state index contributed by atoms with van der Waals surface area (Å²) in [5.74, 6) is 0.206. The van der Waals surface area contributed by atoms with Gasteiger partial charge in [0.2, 0.25) is 0 Å². The van der Waals surface area contributed by atoms with Crippen LogP contribution in [0.3, 0.4) is 0 Å². The fourth-order valence-electron chi connectivity index (χ4n) is 1.82. The van der Waals surface area contributed by atoms with E-state index >= 15 is 0 Å². The first kappa shape index (κ1) is 11.5. The van der Waals surface area contributed by atoms with Gasteiger partial charge in [-0.1, -0.05) is 0 Å². The Hall–Kier alpha value is -0.970. The summed E-state index contributed by atoms with van der Waals surface area (Å²) >= 11 is 1.72. The number of carbonyl (C=O) groups is 1. The molecule has 0 atom stereocenters. The number of carboxylic acid groups (broad SMARTS) is 1. The van der Waals surface area contributed by atoms with E-state index in [2.05, 4.69) is 5.10 Å². The second-order valence-electron chi connectivity index (χ2n) is 4.61. The average molecular weight is 240 g/mol. The number of aromatic nitrogens is 2. The maximum Gasteiger partial charge on any atom is 0.303 e. The second kappa shape index (κ2) is 4.13. The Labute approximate surface area is 99.0 Å². The van der Waals surface area contributed by atoms with E-state index in [-0.39, 0.29) is 5.41 Å². The van der Waals surface area contributed by atoms with Crippen LogP contribution in [-0.4, -0.2) is 26.6 Å². The summed E-state index contributed by atoms with van der Waals surface area (Å²) < 4.78 is 1.86. The van der Waals surface area contributed by atoms with Crippen LogP contribution in [0.5, 0.6) is 0 Å². The number of nitrogens with zero attached hydrogens (tertiary/aromatic N) is 2. The van der Waals surface area contributed by atoms with Crippen molar-refractivity contribution in [3.63, 3.8) is 0 Å². The zero-order valence-corrected chi connectivity index (χ0v) is 10.4. The molecule has 0 radical (unpaired) electrons. The van der Waals surface area contributed by atoms with Crippen molar-refractivity contribution >= 4 is 17.7 Å². The van der Waals surface area contributed by atoms with E-state index < -0.39 is 5.97 Å². The quantitative estimate of drug-likeness (QED) is 0.801. The summed E-state index contributed by atoms with van der Waals surface area (Å²) in [6.45, 7) is 1.97. The van der Waals surface area contributed by atoms with Gasteiger partial charge in [0.1, 0.15) is 0 Å². The molecule has 2 rings (SSSR count). The van der Waals surface area contributed by atoms with Gasteiger partial charge in [0.25, 0.3) is 0 Å². The lowest BCUT2D eigenvalue weighted by Crippen LogP contribution is -2.11. The number of rotatable bonds is 5. The average Bonchev–Trinajstić information content (AvgIpc) is 2.83. The van der Waals surface area contributed by atoms with Gasteiger partial charge >= 0.3 is 5.97 Å². The van der Waals surface area contributed by atoms with E-state index in [1.54, 1.807) is 11.8 Å². The zero-order chi connectivity index (χ0) is 11.8. The number of aliphatic carboxylic acids is 1. The summed E-state index contributed by atoms with van der Waals surface area (Å²) in [5, 5.41) is 14.2. The third-order valence-corrected chi connectivity index (χ3v) is 4.40. The van der Waals surface area contributed by atoms with Crippen LogP contribution >= 0.6 is 11.8 Å². The maximum atomic E-state index is 10.7. The van der Waals surface area contributed by atoms with Crippen molar-refractivity contribution in [2.45, 2.75) is 31.2 Å². The molecule has 0 aliphatic heterocycles. The molecule has 88 valence electrons. The molecular weight excluding hydrogens is 224 g/mol. The molecule has 1 aromatic rings. The SMILES string of the molecule is Cc1cc(SCC2(CC(=O)O)CC2)n(C)n1. The van der Waals surface area contributed by atoms with E-state index in [0.717, 1.165) is 29.3 Å². The first-order valence-corrected chi connectivity index (χ1v) is 6.35. The predicted octanol–water partition coefficient (Wildman–Crippen LogP) is 2.08. The Kier molecular flexibility index (Phi) is 2.97. The highest BCUT2D eigenvalue weighted by Gasteiger charge is 2.44. The van der Waals surface area contributed by atoms with E-state index in [4.69, 9.17) is 5.11 Å². The zero-order valence-electron chi connectivity index (χ0n) is 9.56. The van der Waals surface area contributed by atoms with E-state index in [0.29, 0.717) is 6.42 Å². The van der Waals surface area contributed by atoms with Crippen molar-refractivity contribution in [1.29, 1.82) is 0 Å². The van der Waals surface area contributed by atoms with Gasteiger partial charge in [-0.25, -0.2) is 0 Å². The molecule has 4 nitrogen and oxygen atoms in total. The standard InChI is InChI=1S/C11H16N2O2S/c1-8-5-9(13(2)12-8)16-7-11(3-4-11)6-10(14)15/h5H,3-4,6-7H2,1-2H3,(H,14,15). The minimum absolute atomic E-state index is 0.0503. The summed E-state index contributed by atoms with van der Waals surface area (Å²) in [6.07, 6.45) is 2.39. The Bertz CT molecular complexity index is 410. The second-order valence-corrected chi connectivity index (χ2v) is 5.60. The van der Waals surface area contributed by atoms with Gasteiger partial charge in [0.15, 0.2) is 0 Å². The van der Waals surface area contributed by atoms with Crippen LogP contribution in [0.15, 0.2) is 11.1 Å². The molecule has 1 aliphatic carbocycles. The molecule has 1 saturated carbocycles. The van der Waals surface area contributed by atoms with Gasteiger partial charge in [0.05, 0.1) is 17.1 Å². The van der Waals surface area contributed by atoms with Gasteiger partial charge in [-0.05, 0) is 31.2 Å². The molecule has 0 aromatic carbocycles. The lowest BCUT2D eigenvalue weighted by molar-refractivity contribution is -0.138. The fraction of sp³-hybridized carbons (Fsp3) is 0.636. The topological polar surface area (TPSA) is 55.1 Å². The van der Waals surface area contributed by atoms with Gasteiger partial charge in [-0.3, -0.25) is 9.48 Å². The Morgan fingerprint density at radius 1 is 1.69 bits per heavy atom. The number of carboxylic acids is 1. The number of hydrogen-bond donors (Lipinski definition) is 1. The molecule has 0 saturated heterocycles. The normalized spacial score (nSPS) is 17.4. The van der Waals surface area contributed by atoms with E-state index in [1.807, 2.05) is 24.7 Å². The van der Waals surface area contributed by atoms with Crippen molar-refractivity contribution in [2.75, 3.05) is 5.75 Å². The Morgan fingerprint density at radius 3 is 2.81 bits per heavy atom. The first-order chi connectivity index (χ1) is 7.51. The van der Waals surface area contributed by atoms with Crippen LogP contribution in [0, 0.1) is 12.3 Å². The third-order valence-electron chi connectivity index (χ3n) is 2.97. The minimum atomic E-state index is -0.681. The lowest BCUT2D eigenvalue weighted by atomic mass is 10.1. The van der Waals surface area contributed by atoms with Crippen LogP contribution in [0.1, 0.15) is 25.0 Å². The Morgan fingerprint density at radius 2 is 2.38 bits per heavy atom. The van der Waals surface area contributed by atoms with Crippen molar-refractivity contribution in [1.82, 2.24) is 9.78 Å². The van der Waals surface area contributed by atoms with E-state index in [9.17, 15) is 4.79 Å². The minimum Gasteiger partial charge on any atom is -0.481 e. The first-order valence-electron chi connectivity index (χ1n) is 5.36. The van der Waals surface area contributed by atoms with Gasteiger partial charge in [-0.2, -0.15) is 5.10 Å². The molecule has 1 fully saturated rings. The highest BCUT2D eigenvalue weighted by atomic mass is 32.2. The fourth-order valence-corrected chi connectivity index (χ4v) is 3.15. The molecule has 1 aromatic heterocycles. The summed E-state index contributed by atoms with van der Waals surface area (Å²) in [6, 6.07) is 2.04. The predicted molar refractivity (Wildman–Crippen MR) is 62.6 cm³/mol.